The summed E-state index contributed by atoms with van der Waals surface area (Å²) < 4.78 is 3.86. The Morgan fingerprint density at radius 1 is 1.29 bits per heavy atom. The summed E-state index contributed by atoms with van der Waals surface area (Å²) in [6.45, 7) is 12.0. The molecule has 7 heteroatoms. The highest BCUT2D eigenvalue weighted by Crippen LogP contribution is 2.34. The highest BCUT2D eigenvalue weighted by atomic mass is 16.5. The van der Waals surface area contributed by atoms with Gasteiger partial charge in [-0.15, -0.1) is 0 Å². The van der Waals surface area contributed by atoms with Gasteiger partial charge in [0.15, 0.2) is 0 Å². The lowest BCUT2D eigenvalue weighted by Gasteiger charge is -2.23. The van der Waals surface area contributed by atoms with Crippen LogP contribution in [-0.4, -0.2) is 54.5 Å². The first kappa shape index (κ1) is 28.3. The molecule has 1 fully saturated rings. The van der Waals surface area contributed by atoms with E-state index in [-0.39, 0.29) is 11.9 Å². The third kappa shape index (κ3) is 9.79. The summed E-state index contributed by atoms with van der Waals surface area (Å²) in [7, 11) is 3.11. The molecule has 1 amide bonds. The van der Waals surface area contributed by atoms with Gasteiger partial charge in [-0.3, -0.25) is 9.59 Å². The number of carbonyl (C=O) groups is 2. The van der Waals surface area contributed by atoms with E-state index in [0.717, 1.165) is 30.0 Å². The number of nitrogens with one attached hydrogen (secondary N) is 2. The minimum absolute atomic E-state index is 0.0494. The maximum absolute atomic E-state index is 12.3. The number of H-pyrrole nitrogens is 1. The lowest BCUT2D eigenvalue weighted by atomic mass is 10.1. The minimum atomic E-state index is 0.0494. The zero-order valence-corrected chi connectivity index (χ0v) is 20.1. The Kier molecular flexibility index (Phi) is 15.6. The molecule has 1 aromatic heterocycles. The number of benzene rings is 1. The third-order valence-electron chi connectivity index (χ3n) is 4.25. The van der Waals surface area contributed by atoms with E-state index >= 15 is 0 Å². The van der Waals surface area contributed by atoms with Crippen molar-refractivity contribution in [1.82, 2.24) is 20.2 Å². The second-order valence-corrected chi connectivity index (χ2v) is 7.02. The van der Waals surface area contributed by atoms with Crippen LogP contribution in [0.1, 0.15) is 59.3 Å². The molecule has 1 aromatic carbocycles. The van der Waals surface area contributed by atoms with Crippen LogP contribution in [0.2, 0.25) is 0 Å². The molecular weight excluding hydrogens is 392 g/mol. The fraction of sp³-hybridized carbons (Fsp3) is 0.542. The number of imidazole rings is 1. The van der Waals surface area contributed by atoms with Gasteiger partial charge in [0.2, 0.25) is 5.91 Å². The highest BCUT2D eigenvalue weighted by Gasteiger charge is 2.35. The van der Waals surface area contributed by atoms with Gasteiger partial charge in [-0.05, 0) is 24.9 Å². The lowest BCUT2D eigenvalue weighted by molar-refractivity contribution is -0.131. The Hall–Kier alpha value is -2.67. The number of likely N-dealkylation sites (N-methyl/N-ethyl adjacent to an activating group) is 1. The van der Waals surface area contributed by atoms with Gasteiger partial charge in [-0.2, -0.15) is 0 Å². The second-order valence-electron chi connectivity index (χ2n) is 7.02. The number of ether oxygens (including phenoxy) is 1. The topological polar surface area (TPSA) is 87.3 Å². The largest absolute Gasteiger partial charge is 0.471 e. The molecule has 0 bridgehead atoms. The van der Waals surface area contributed by atoms with Crippen LogP contribution in [0.5, 0.6) is 0 Å². The predicted molar refractivity (Wildman–Crippen MR) is 127 cm³/mol. The van der Waals surface area contributed by atoms with Gasteiger partial charge in [0, 0.05) is 6.54 Å². The van der Waals surface area contributed by atoms with Crippen LogP contribution in [-0.2, 0) is 14.3 Å². The normalized spacial score (nSPS) is 16.5. The lowest BCUT2D eigenvalue weighted by Crippen LogP contribution is -2.37. The molecule has 0 spiro atoms. The summed E-state index contributed by atoms with van der Waals surface area (Å²) in [6.07, 6.45) is 4.06. The number of carbonyl (C=O) groups excluding carboxylic acids is 2. The molecule has 1 aliphatic rings. The summed E-state index contributed by atoms with van der Waals surface area (Å²) in [5.74, 6) is 1.51. The summed E-state index contributed by atoms with van der Waals surface area (Å²) in [5, 5.41) is 2.94. The highest BCUT2D eigenvalue weighted by molar-refractivity contribution is 5.79. The van der Waals surface area contributed by atoms with Crippen LogP contribution >= 0.6 is 0 Å². The van der Waals surface area contributed by atoms with Crippen molar-refractivity contribution in [2.24, 2.45) is 5.92 Å². The molecule has 2 atom stereocenters. The zero-order valence-electron chi connectivity index (χ0n) is 20.1. The van der Waals surface area contributed by atoms with E-state index < -0.39 is 0 Å². The van der Waals surface area contributed by atoms with Crippen molar-refractivity contribution in [1.29, 1.82) is 0 Å². The van der Waals surface area contributed by atoms with Gasteiger partial charge in [0.05, 0.1) is 31.6 Å². The van der Waals surface area contributed by atoms with Crippen LogP contribution in [0, 0.1) is 5.92 Å². The van der Waals surface area contributed by atoms with Crippen molar-refractivity contribution < 1.29 is 14.3 Å². The van der Waals surface area contributed by atoms with Crippen LogP contribution < -0.4 is 5.32 Å². The molecule has 0 aliphatic carbocycles. The van der Waals surface area contributed by atoms with Gasteiger partial charge < -0.3 is 19.9 Å². The van der Waals surface area contributed by atoms with Crippen molar-refractivity contribution in [3.05, 3.63) is 42.4 Å². The minimum Gasteiger partial charge on any atom is -0.471 e. The number of rotatable bonds is 5. The van der Waals surface area contributed by atoms with Gasteiger partial charge in [-0.25, -0.2) is 4.98 Å². The third-order valence-corrected chi connectivity index (χ3v) is 4.25. The summed E-state index contributed by atoms with van der Waals surface area (Å²) in [4.78, 5) is 31.1. The first-order valence-electron chi connectivity index (χ1n) is 11.0. The maximum atomic E-state index is 12.3. The first-order valence-corrected chi connectivity index (χ1v) is 11.0. The number of hydrogen-bond donors (Lipinski definition) is 2. The van der Waals surface area contributed by atoms with E-state index in [0.29, 0.717) is 18.9 Å². The van der Waals surface area contributed by atoms with Gasteiger partial charge in [0.1, 0.15) is 5.82 Å². The SMILES string of the molecule is CC.CCC.CNCC(=O)N1CC(C)CC1c1ncc(-c2ccccc2)[nH]1.COC=O. The molecule has 7 nitrogen and oxygen atoms in total. The Morgan fingerprint density at radius 3 is 2.39 bits per heavy atom. The van der Waals surface area contributed by atoms with Crippen molar-refractivity contribution in [2.45, 2.75) is 53.5 Å². The van der Waals surface area contributed by atoms with Crippen LogP contribution in [0.3, 0.4) is 0 Å². The van der Waals surface area contributed by atoms with Gasteiger partial charge in [-0.1, -0.05) is 71.4 Å². The van der Waals surface area contributed by atoms with E-state index in [1.54, 1.807) is 7.05 Å². The number of methoxy groups -OCH3 is 1. The molecule has 0 saturated carbocycles. The molecular formula is C24H40N4O3. The molecule has 2 N–H and O–H groups in total. The zero-order chi connectivity index (χ0) is 23.6. The molecule has 2 aromatic rings. The number of amides is 1. The average molecular weight is 433 g/mol. The molecule has 31 heavy (non-hydrogen) atoms. The maximum Gasteiger partial charge on any atom is 0.292 e. The molecule has 2 heterocycles. The van der Waals surface area contributed by atoms with Crippen LogP contribution in [0.25, 0.3) is 11.3 Å². The Labute approximate surface area is 187 Å². The number of nitrogens with zero attached hydrogens (tertiary/aromatic N) is 2. The molecule has 0 radical (unpaired) electrons. The number of aromatic nitrogens is 2. The van der Waals surface area contributed by atoms with Gasteiger partial charge >= 0.3 is 0 Å². The number of likely N-dealkylation sites (tertiary alicyclic amines) is 1. The van der Waals surface area contributed by atoms with Gasteiger partial charge in [0.25, 0.3) is 6.47 Å². The monoisotopic (exact) mass is 432 g/mol. The fourth-order valence-corrected chi connectivity index (χ4v) is 3.10. The fourth-order valence-electron chi connectivity index (χ4n) is 3.10. The van der Waals surface area contributed by atoms with Crippen molar-refractivity contribution >= 4 is 12.4 Å². The molecule has 174 valence electrons. The summed E-state index contributed by atoms with van der Waals surface area (Å²) in [6, 6.07) is 10.2. The Balaban J connectivity index is 0.000000865. The standard InChI is InChI=1S/C17H22N4O.C3H8.C2H4O2.C2H6/c1-12-8-15(21(11-12)16(22)10-18-2)17-19-9-14(20-17)13-6-4-3-5-7-13;1-3-2;1-4-2-3;1-2/h3-7,9,12,15,18H,8,10-11H2,1-2H3,(H,19,20);3H2,1-2H3;2H,1H3;1-2H3. The molecule has 2 unspecified atom stereocenters. The summed E-state index contributed by atoms with van der Waals surface area (Å²) >= 11 is 0. The van der Waals surface area contributed by atoms with Crippen LogP contribution in [0.15, 0.2) is 36.5 Å². The van der Waals surface area contributed by atoms with E-state index in [1.165, 1.54) is 13.5 Å². The van der Waals surface area contributed by atoms with E-state index in [4.69, 9.17) is 4.79 Å². The quantitative estimate of drug-likeness (QED) is 0.682. The smallest absolute Gasteiger partial charge is 0.292 e. The predicted octanol–water partition coefficient (Wildman–Crippen LogP) is 4.44. The van der Waals surface area contributed by atoms with Crippen LogP contribution in [0.4, 0.5) is 0 Å². The number of aromatic amines is 1. The second kappa shape index (κ2) is 17.1. The average Bonchev–Trinajstić information content (AvgIpc) is 3.43. The van der Waals surface area contributed by atoms with Crippen molar-refractivity contribution in [3.63, 3.8) is 0 Å². The van der Waals surface area contributed by atoms with Crippen molar-refractivity contribution in [3.8, 4) is 11.3 Å². The van der Waals surface area contributed by atoms with E-state index in [9.17, 15) is 4.79 Å². The first-order chi connectivity index (χ1) is 15.0. The van der Waals surface area contributed by atoms with E-state index in [2.05, 4.69) is 52.9 Å². The Morgan fingerprint density at radius 2 is 1.87 bits per heavy atom. The number of hydrogen-bond acceptors (Lipinski definition) is 5. The van der Waals surface area contributed by atoms with Crippen molar-refractivity contribution in [2.75, 3.05) is 27.2 Å². The Bertz CT molecular complexity index is 719. The molecule has 1 saturated heterocycles. The summed E-state index contributed by atoms with van der Waals surface area (Å²) in [5.41, 5.74) is 2.11. The molecule has 3 rings (SSSR count). The molecule has 1 aliphatic heterocycles. The van der Waals surface area contributed by atoms with E-state index in [1.807, 2.05) is 43.1 Å².